The van der Waals surface area contributed by atoms with Gasteiger partial charge in [-0.15, -0.1) is 0 Å². The fourth-order valence-corrected chi connectivity index (χ4v) is 5.29. The lowest BCUT2D eigenvalue weighted by molar-refractivity contribution is 0.296. The van der Waals surface area contributed by atoms with Crippen molar-refractivity contribution in [3.63, 3.8) is 0 Å². The van der Waals surface area contributed by atoms with Gasteiger partial charge in [-0.1, -0.05) is 13.3 Å². The molecule has 0 aromatic heterocycles. The van der Waals surface area contributed by atoms with Gasteiger partial charge in [0.05, 0.1) is 5.25 Å². The Bertz CT molecular complexity index is 604. The Morgan fingerprint density at radius 2 is 2.00 bits per heavy atom. The van der Waals surface area contributed by atoms with Gasteiger partial charge in [0, 0.05) is 6.04 Å². The molecule has 2 rings (SSSR count). The third kappa shape index (κ3) is 3.26. The minimum absolute atomic E-state index is 0.222. The van der Waals surface area contributed by atoms with Crippen molar-refractivity contribution in [2.45, 2.75) is 48.8 Å². The number of rotatable bonds is 4. The number of sulfone groups is 1. The highest BCUT2D eigenvalue weighted by Gasteiger charge is 2.40. The lowest BCUT2D eigenvalue weighted by Crippen LogP contribution is -2.47. The van der Waals surface area contributed by atoms with Gasteiger partial charge in [-0.3, -0.25) is 0 Å². The quantitative estimate of drug-likeness (QED) is 0.929. The maximum atomic E-state index is 13.9. The van der Waals surface area contributed by atoms with Crippen molar-refractivity contribution in [2.75, 3.05) is 7.05 Å². The number of nitrogens with one attached hydrogen (secondary N) is 1. The second kappa shape index (κ2) is 6.40. The smallest absolute Gasteiger partial charge is 0.185 e. The molecule has 0 saturated heterocycles. The molecule has 1 fully saturated rings. The highest BCUT2D eigenvalue weighted by molar-refractivity contribution is 7.92. The molecule has 0 spiro atoms. The Morgan fingerprint density at radius 1 is 1.29 bits per heavy atom. The summed E-state index contributed by atoms with van der Waals surface area (Å²) in [5, 5.41) is 2.30. The van der Waals surface area contributed by atoms with Crippen molar-refractivity contribution in [2.24, 2.45) is 5.92 Å². The van der Waals surface area contributed by atoms with Crippen LogP contribution in [0.1, 0.15) is 32.6 Å². The predicted molar refractivity (Wildman–Crippen MR) is 77.8 cm³/mol. The summed E-state index contributed by atoms with van der Waals surface area (Å²) >= 11 is 0. The van der Waals surface area contributed by atoms with E-state index in [1.165, 1.54) is 0 Å². The molecule has 1 aromatic rings. The van der Waals surface area contributed by atoms with Crippen LogP contribution in [0.2, 0.25) is 0 Å². The molecule has 1 aliphatic rings. The largest absolute Gasteiger partial charge is 0.316 e. The lowest BCUT2D eigenvalue weighted by atomic mass is 9.84. The number of benzene rings is 1. The molecular formula is C15H21F2NO2S. The van der Waals surface area contributed by atoms with Crippen LogP contribution in [0.4, 0.5) is 8.78 Å². The van der Waals surface area contributed by atoms with E-state index in [0.717, 1.165) is 37.5 Å². The maximum Gasteiger partial charge on any atom is 0.185 e. The second-order valence-electron chi connectivity index (χ2n) is 5.64. The standard InChI is InChI=1S/C15H21F2NO2S/c1-3-10-4-7-13(18-2)15(8-10)21(19,20)14-9-11(16)5-6-12(14)17/h5-6,9-10,13,15,18H,3-4,7-8H2,1-2H3. The van der Waals surface area contributed by atoms with E-state index < -0.39 is 31.6 Å². The van der Waals surface area contributed by atoms with E-state index in [0.29, 0.717) is 12.3 Å². The SMILES string of the molecule is CCC1CCC(NC)C(S(=O)(=O)c2cc(F)ccc2F)C1. The summed E-state index contributed by atoms with van der Waals surface area (Å²) < 4.78 is 52.7. The van der Waals surface area contributed by atoms with Gasteiger partial charge in [0.1, 0.15) is 16.5 Å². The van der Waals surface area contributed by atoms with Crippen molar-refractivity contribution in [1.82, 2.24) is 5.32 Å². The van der Waals surface area contributed by atoms with Crippen LogP contribution in [0.25, 0.3) is 0 Å². The highest BCUT2D eigenvalue weighted by atomic mass is 32.2. The number of hydrogen-bond acceptors (Lipinski definition) is 3. The molecule has 3 unspecified atom stereocenters. The van der Waals surface area contributed by atoms with Gasteiger partial charge >= 0.3 is 0 Å². The predicted octanol–water partition coefficient (Wildman–Crippen LogP) is 2.91. The Kier molecular flexibility index (Phi) is 4.99. The van der Waals surface area contributed by atoms with Gasteiger partial charge in [-0.2, -0.15) is 0 Å². The summed E-state index contributed by atoms with van der Waals surface area (Å²) in [4.78, 5) is -0.524. The molecule has 1 saturated carbocycles. The third-order valence-corrected chi connectivity index (χ3v) is 6.69. The van der Waals surface area contributed by atoms with Gasteiger partial charge < -0.3 is 5.32 Å². The van der Waals surface area contributed by atoms with Crippen LogP contribution >= 0.6 is 0 Å². The summed E-state index contributed by atoms with van der Waals surface area (Å²) in [5.41, 5.74) is 0. The van der Waals surface area contributed by atoms with Gasteiger partial charge in [0.25, 0.3) is 0 Å². The van der Waals surface area contributed by atoms with Crippen molar-refractivity contribution in [3.05, 3.63) is 29.8 Å². The molecule has 6 heteroatoms. The van der Waals surface area contributed by atoms with E-state index in [9.17, 15) is 17.2 Å². The van der Waals surface area contributed by atoms with Crippen LogP contribution < -0.4 is 5.32 Å². The van der Waals surface area contributed by atoms with E-state index in [1.807, 2.05) is 6.92 Å². The summed E-state index contributed by atoms with van der Waals surface area (Å²) in [5.74, 6) is -1.31. The van der Waals surface area contributed by atoms with Crippen molar-refractivity contribution < 1.29 is 17.2 Å². The fourth-order valence-electron chi connectivity index (χ4n) is 3.11. The van der Waals surface area contributed by atoms with Crippen LogP contribution in [-0.4, -0.2) is 26.8 Å². The van der Waals surface area contributed by atoms with E-state index in [1.54, 1.807) is 7.05 Å². The first-order valence-electron chi connectivity index (χ1n) is 7.26. The third-order valence-electron chi connectivity index (χ3n) is 4.45. The average Bonchev–Trinajstić information content (AvgIpc) is 2.48. The van der Waals surface area contributed by atoms with Gasteiger partial charge in [-0.05, 0) is 50.4 Å². The van der Waals surface area contributed by atoms with Crippen LogP contribution in [-0.2, 0) is 9.84 Å². The topological polar surface area (TPSA) is 46.2 Å². The molecule has 0 bridgehead atoms. The Hall–Kier alpha value is -1.01. The van der Waals surface area contributed by atoms with Crippen LogP contribution in [0.15, 0.2) is 23.1 Å². The van der Waals surface area contributed by atoms with Crippen molar-refractivity contribution in [1.29, 1.82) is 0 Å². The van der Waals surface area contributed by atoms with Crippen LogP contribution in [0.3, 0.4) is 0 Å². The number of hydrogen-bond donors (Lipinski definition) is 1. The maximum absolute atomic E-state index is 13.9. The van der Waals surface area contributed by atoms with Gasteiger partial charge in [-0.25, -0.2) is 17.2 Å². The van der Waals surface area contributed by atoms with E-state index in [2.05, 4.69) is 5.32 Å². The molecule has 21 heavy (non-hydrogen) atoms. The van der Waals surface area contributed by atoms with E-state index >= 15 is 0 Å². The lowest BCUT2D eigenvalue weighted by Gasteiger charge is -2.35. The minimum Gasteiger partial charge on any atom is -0.316 e. The first-order valence-corrected chi connectivity index (χ1v) is 8.81. The molecule has 0 radical (unpaired) electrons. The zero-order chi connectivity index (χ0) is 15.6. The molecular weight excluding hydrogens is 296 g/mol. The summed E-state index contributed by atoms with van der Waals surface area (Å²) in [7, 11) is -2.19. The molecule has 1 aliphatic carbocycles. The van der Waals surface area contributed by atoms with Gasteiger partial charge in [0.2, 0.25) is 0 Å². The Morgan fingerprint density at radius 3 is 2.62 bits per heavy atom. The zero-order valence-electron chi connectivity index (χ0n) is 12.3. The fraction of sp³-hybridized carbons (Fsp3) is 0.600. The molecule has 3 atom stereocenters. The highest BCUT2D eigenvalue weighted by Crippen LogP contribution is 2.34. The summed E-state index contributed by atoms with van der Waals surface area (Å²) in [6.45, 7) is 2.02. The monoisotopic (exact) mass is 317 g/mol. The van der Waals surface area contributed by atoms with Crippen molar-refractivity contribution in [3.8, 4) is 0 Å². The Labute approximate surface area is 124 Å². The minimum atomic E-state index is -3.90. The molecule has 0 amide bonds. The molecule has 0 heterocycles. The normalized spacial score (nSPS) is 26.8. The van der Waals surface area contributed by atoms with Crippen LogP contribution in [0, 0.1) is 17.6 Å². The molecule has 3 nitrogen and oxygen atoms in total. The van der Waals surface area contributed by atoms with E-state index in [4.69, 9.17) is 0 Å². The first kappa shape index (κ1) is 16.4. The Balaban J connectivity index is 2.42. The molecule has 1 aromatic carbocycles. The van der Waals surface area contributed by atoms with Crippen molar-refractivity contribution >= 4 is 9.84 Å². The van der Waals surface area contributed by atoms with Crippen LogP contribution in [0.5, 0.6) is 0 Å². The summed E-state index contributed by atoms with van der Waals surface area (Å²) in [6.07, 6.45) is 3.07. The zero-order valence-corrected chi connectivity index (χ0v) is 13.1. The molecule has 0 aliphatic heterocycles. The molecule has 118 valence electrons. The number of halogens is 2. The second-order valence-corrected chi connectivity index (χ2v) is 7.78. The molecule has 1 N–H and O–H groups in total. The average molecular weight is 317 g/mol. The first-order chi connectivity index (χ1) is 9.90. The summed E-state index contributed by atoms with van der Waals surface area (Å²) in [6, 6.07) is 2.36. The van der Waals surface area contributed by atoms with E-state index in [-0.39, 0.29) is 6.04 Å². The van der Waals surface area contributed by atoms with Gasteiger partial charge in [0.15, 0.2) is 9.84 Å².